The third-order valence-corrected chi connectivity index (χ3v) is 3.67. The molecule has 0 aromatic heterocycles. The first-order valence-electron chi connectivity index (χ1n) is 6.38. The molecule has 0 N–H and O–H groups in total. The number of ether oxygens (including phenoxy) is 2. The van der Waals surface area contributed by atoms with E-state index < -0.39 is 11.5 Å². The normalized spacial score (nSPS) is 17.9. The molecule has 0 fully saturated rings. The topological polar surface area (TPSA) is 52.6 Å². The van der Waals surface area contributed by atoms with Crippen LogP contribution in [-0.4, -0.2) is 24.5 Å². The number of hydrogen-bond acceptors (Lipinski definition) is 4. The lowest BCUT2D eigenvalue weighted by atomic mass is 9.90. The van der Waals surface area contributed by atoms with Crippen LogP contribution < -0.4 is 4.74 Å². The van der Waals surface area contributed by atoms with Gasteiger partial charge in [0.15, 0.2) is 5.78 Å². The summed E-state index contributed by atoms with van der Waals surface area (Å²) in [5, 5.41) is 0.342. The second-order valence-electron chi connectivity index (χ2n) is 5.59. The summed E-state index contributed by atoms with van der Waals surface area (Å²) in [6, 6.07) is 3.32. The Hall–Kier alpha value is -1.55. The average Bonchev–Trinajstić information content (AvgIpc) is 2.37. The fourth-order valence-corrected chi connectivity index (χ4v) is 2.55. The minimum atomic E-state index is -0.566. The lowest BCUT2D eigenvalue weighted by molar-refractivity contribution is -0.142. The summed E-state index contributed by atoms with van der Waals surface area (Å²) < 4.78 is 10.5. The van der Waals surface area contributed by atoms with Gasteiger partial charge >= 0.3 is 5.97 Å². The molecule has 1 atom stereocenters. The maximum atomic E-state index is 12.2. The summed E-state index contributed by atoms with van der Waals surface area (Å²) in [5.74, 6) is -0.484. The van der Waals surface area contributed by atoms with Crippen LogP contribution >= 0.6 is 11.6 Å². The zero-order chi connectivity index (χ0) is 15.1. The van der Waals surface area contributed by atoms with Crippen LogP contribution in [0.15, 0.2) is 12.1 Å². The number of esters is 1. The van der Waals surface area contributed by atoms with Crippen molar-refractivity contribution in [1.29, 1.82) is 0 Å². The number of carbonyl (C=O) groups excluding carboxylic acids is 2. The van der Waals surface area contributed by atoms with Crippen LogP contribution in [0.2, 0.25) is 5.02 Å². The summed E-state index contributed by atoms with van der Waals surface area (Å²) in [7, 11) is 1.33. The van der Waals surface area contributed by atoms with Crippen molar-refractivity contribution in [3.63, 3.8) is 0 Å². The number of rotatable bonds is 2. The Labute approximate surface area is 123 Å². The maximum Gasteiger partial charge on any atom is 0.312 e. The lowest BCUT2D eigenvalue weighted by Crippen LogP contribution is -2.36. The molecule has 2 rings (SSSR count). The van der Waals surface area contributed by atoms with Crippen LogP contribution in [0.4, 0.5) is 0 Å². The van der Waals surface area contributed by atoms with Crippen molar-refractivity contribution in [3.8, 4) is 5.75 Å². The highest BCUT2D eigenvalue weighted by atomic mass is 35.5. The van der Waals surface area contributed by atoms with E-state index in [-0.39, 0.29) is 18.2 Å². The van der Waals surface area contributed by atoms with Crippen molar-refractivity contribution in [2.75, 3.05) is 7.11 Å². The van der Waals surface area contributed by atoms with Crippen molar-refractivity contribution in [2.45, 2.75) is 38.7 Å². The van der Waals surface area contributed by atoms with E-state index in [0.717, 1.165) is 0 Å². The van der Waals surface area contributed by atoms with Crippen molar-refractivity contribution < 1.29 is 19.1 Å². The second-order valence-corrected chi connectivity index (χ2v) is 5.99. The summed E-state index contributed by atoms with van der Waals surface area (Å²) in [4.78, 5) is 23.8. The summed E-state index contributed by atoms with van der Waals surface area (Å²) >= 11 is 6.20. The Kier molecular flexibility index (Phi) is 3.78. The third-order valence-electron chi connectivity index (χ3n) is 3.39. The highest BCUT2D eigenvalue weighted by Crippen LogP contribution is 2.40. The molecule has 0 amide bonds. The highest BCUT2D eigenvalue weighted by Gasteiger charge is 2.34. The second kappa shape index (κ2) is 5.09. The van der Waals surface area contributed by atoms with Gasteiger partial charge in [0.1, 0.15) is 11.4 Å². The molecule has 20 heavy (non-hydrogen) atoms. The SMILES string of the molecule is COC(=O)C(C)c1cc(Cl)c2c(c1)C(=O)CC(C)(C)O2. The molecule has 1 unspecified atom stereocenters. The predicted molar refractivity (Wildman–Crippen MR) is 75.5 cm³/mol. The van der Waals surface area contributed by atoms with Gasteiger partial charge < -0.3 is 9.47 Å². The van der Waals surface area contributed by atoms with E-state index in [9.17, 15) is 9.59 Å². The molecule has 1 aliphatic rings. The fraction of sp³-hybridized carbons (Fsp3) is 0.467. The summed E-state index contributed by atoms with van der Waals surface area (Å²) in [6.07, 6.45) is 0.284. The summed E-state index contributed by atoms with van der Waals surface area (Å²) in [6.45, 7) is 5.40. The van der Waals surface area contributed by atoms with Crippen molar-refractivity contribution in [2.24, 2.45) is 0 Å². The first kappa shape index (κ1) is 14.9. The summed E-state index contributed by atoms with van der Waals surface area (Å²) in [5.41, 5.74) is 0.517. The smallest absolute Gasteiger partial charge is 0.312 e. The lowest BCUT2D eigenvalue weighted by Gasteiger charge is -2.32. The van der Waals surface area contributed by atoms with Crippen LogP contribution in [-0.2, 0) is 9.53 Å². The Morgan fingerprint density at radius 3 is 2.70 bits per heavy atom. The first-order valence-corrected chi connectivity index (χ1v) is 6.76. The standard InChI is InChI=1S/C15H17ClO4/c1-8(14(18)19-4)9-5-10-12(17)7-15(2,3)20-13(10)11(16)6-9/h5-6,8H,7H2,1-4H3. The number of fused-ring (bicyclic) bond motifs is 1. The molecule has 0 bridgehead atoms. The quantitative estimate of drug-likeness (QED) is 0.785. The molecule has 0 aliphatic carbocycles. The predicted octanol–water partition coefficient (Wildman–Crippen LogP) is 3.36. The Morgan fingerprint density at radius 2 is 2.10 bits per heavy atom. The highest BCUT2D eigenvalue weighted by molar-refractivity contribution is 6.33. The molecular formula is C15H17ClO4. The minimum Gasteiger partial charge on any atom is -0.485 e. The molecule has 0 saturated heterocycles. The number of hydrogen-bond donors (Lipinski definition) is 0. The monoisotopic (exact) mass is 296 g/mol. The van der Waals surface area contributed by atoms with E-state index in [4.69, 9.17) is 21.1 Å². The number of methoxy groups -OCH3 is 1. The first-order chi connectivity index (χ1) is 9.25. The fourth-order valence-electron chi connectivity index (χ4n) is 2.28. The van der Waals surface area contributed by atoms with Gasteiger partial charge in [-0.3, -0.25) is 9.59 Å². The molecule has 0 saturated carbocycles. The molecule has 0 radical (unpaired) electrons. The van der Waals surface area contributed by atoms with Gasteiger partial charge in [0.2, 0.25) is 0 Å². The number of Topliss-reactive ketones (excluding diaryl/α,β-unsaturated/α-hetero) is 1. The molecule has 1 aromatic carbocycles. The Balaban J connectivity index is 2.49. The molecule has 0 spiro atoms. The van der Waals surface area contributed by atoms with Crippen LogP contribution in [0.5, 0.6) is 5.75 Å². The molecule has 4 nitrogen and oxygen atoms in total. The van der Waals surface area contributed by atoms with E-state index in [1.165, 1.54) is 7.11 Å². The molecule has 108 valence electrons. The van der Waals surface area contributed by atoms with Gasteiger partial charge in [-0.05, 0) is 38.5 Å². The van der Waals surface area contributed by atoms with Crippen molar-refractivity contribution >= 4 is 23.4 Å². The minimum absolute atomic E-state index is 0.0305. The van der Waals surface area contributed by atoms with Crippen molar-refractivity contribution in [1.82, 2.24) is 0 Å². The van der Waals surface area contributed by atoms with Gasteiger partial charge in [-0.25, -0.2) is 0 Å². The van der Waals surface area contributed by atoms with Gasteiger partial charge in [0, 0.05) is 0 Å². The van der Waals surface area contributed by atoms with Crippen LogP contribution in [0, 0.1) is 0 Å². The van der Waals surface area contributed by atoms with E-state index >= 15 is 0 Å². The zero-order valence-electron chi connectivity index (χ0n) is 12.0. The van der Waals surface area contributed by atoms with Crippen LogP contribution in [0.25, 0.3) is 0 Å². The van der Waals surface area contributed by atoms with E-state index in [2.05, 4.69) is 0 Å². The molecule has 5 heteroatoms. The van der Waals surface area contributed by atoms with Crippen LogP contribution in [0.1, 0.15) is 49.0 Å². The van der Waals surface area contributed by atoms with Crippen LogP contribution in [0.3, 0.4) is 0 Å². The number of ketones is 1. The average molecular weight is 297 g/mol. The maximum absolute atomic E-state index is 12.2. The van der Waals surface area contributed by atoms with Gasteiger partial charge in [-0.15, -0.1) is 0 Å². The molecule has 1 aliphatic heterocycles. The van der Waals surface area contributed by atoms with E-state index in [1.807, 2.05) is 13.8 Å². The Bertz CT molecular complexity index is 577. The molecule has 1 aromatic rings. The van der Waals surface area contributed by atoms with Gasteiger partial charge in [-0.2, -0.15) is 0 Å². The largest absolute Gasteiger partial charge is 0.485 e. The van der Waals surface area contributed by atoms with E-state index in [0.29, 0.717) is 21.9 Å². The van der Waals surface area contributed by atoms with E-state index in [1.54, 1.807) is 19.1 Å². The van der Waals surface area contributed by atoms with Gasteiger partial charge in [0.25, 0.3) is 0 Å². The molecular weight excluding hydrogens is 280 g/mol. The van der Waals surface area contributed by atoms with Gasteiger partial charge in [-0.1, -0.05) is 11.6 Å². The number of benzene rings is 1. The number of halogens is 1. The number of carbonyl (C=O) groups is 2. The van der Waals surface area contributed by atoms with Crippen molar-refractivity contribution in [3.05, 3.63) is 28.3 Å². The zero-order valence-corrected chi connectivity index (χ0v) is 12.7. The third kappa shape index (κ3) is 2.66. The van der Waals surface area contributed by atoms with Gasteiger partial charge in [0.05, 0.1) is 30.0 Å². The molecule has 1 heterocycles. The Morgan fingerprint density at radius 1 is 1.45 bits per heavy atom.